The van der Waals surface area contributed by atoms with Gasteiger partial charge in [-0.1, -0.05) is 54.6 Å². The van der Waals surface area contributed by atoms with Gasteiger partial charge in [0, 0.05) is 13.1 Å². The van der Waals surface area contributed by atoms with Gasteiger partial charge in [0.05, 0.1) is 12.0 Å². The van der Waals surface area contributed by atoms with Gasteiger partial charge in [-0.15, -0.1) is 0 Å². The van der Waals surface area contributed by atoms with E-state index in [2.05, 4.69) is 22.3 Å². The number of hydrogen-bond donors (Lipinski definition) is 2. The van der Waals surface area contributed by atoms with Crippen LogP contribution in [0.3, 0.4) is 0 Å². The molecule has 2 unspecified atom stereocenters. The number of nitrogens with one attached hydrogen (secondary N) is 1. The molecule has 1 saturated heterocycles. The largest absolute Gasteiger partial charge is 0.347 e. The SMILES string of the molecule is CC(C(=O)NC(CN1CCCC1)c1ccccc1)c1ccccc1CN. The number of hydrogen-bond acceptors (Lipinski definition) is 3. The number of carbonyl (C=O) groups is 1. The molecule has 4 nitrogen and oxygen atoms in total. The number of rotatable bonds is 7. The summed E-state index contributed by atoms with van der Waals surface area (Å²) < 4.78 is 0. The Labute approximate surface area is 156 Å². The summed E-state index contributed by atoms with van der Waals surface area (Å²) >= 11 is 0. The summed E-state index contributed by atoms with van der Waals surface area (Å²) in [6.45, 7) is 5.50. The molecule has 1 aliphatic rings. The maximum absolute atomic E-state index is 13.0. The Bertz CT molecular complexity index is 710. The summed E-state index contributed by atoms with van der Waals surface area (Å²) in [6, 6.07) is 18.2. The minimum atomic E-state index is -0.223. The van der Waals surface area contributed by atoms with E-state index in [0.29, 0.717) is 6.54 Å². The predicted molar refractivity (Wildman–Crippen MR) is 106 cm³/mol. The van der Waals surface area contributed by atoms with Crippen LogP contribution >= 0.6 is 0 Å². The van der Waals surface area contributed by atoms with Crippen molar-refractivity contribution in [2.45, 2.75) is 38.3 Å². The monoisotopic (exact) mass is 351 g/mol. The normalized spacial score (nSPS) is 17.0. The van der Waals surface area contributed by atoms with E-state index in [9.17, 15) is 4.79 Å². The Morgan fingerprint density at radius 1 is 1.08 bits per heavy atom. The van der Waals surface area contributed by atoms with Crippen LogP contribution in [0.4, 0.5) is 0 Å². The minimum absolute atomic E-state index is 0.00860. The first-order valence-corrected chi connectivity index (χ1v) is 9.54. The highest BCUT2D eigenvalue weighted by Crippen LogP contribution is 2.23. The van der Waals surface area contributed by atoms with Crippen molar-refractivity contribution >= 4 is 5.91 Å². The van der Waals surface area contributed by atoms with Gasteiger partial charge >= 0.3 is 0 Å². The molecular formula is C22H29N3O. The van der Waals surface area contributed by atoms with Crippen LogP contribution < -0.4 is 11.1 Å². The number of carbonyl (C=O) groups excluding carboxylic acids is 1. The first kappa shape index (κ1) is 18.6. The number of nitrogens with zero attached hydrogens (tertiary/aromatic N) is 1. The van der Waals surface area contributed by atoms with Crippen LogP contribution in [-0.4, -0.2) is 30.4 Å². The summed E-state index contributed by atoms with van der Waals surface area (Å²) in [6.07, 6.45) is 2.49. The molecule has 0 radical (unpaired) electrons. The fourth-order valence-electron chi connectivity index (χ4n) is 3.72. The molecule has 1 fully saturated rings. The third kappa shape index (κ3) is 4.51. The van der Waals surface area contributed by atoms with Gasteiger partial charge in [0.15, 0.2) is 0 Å². The van der Waals surface area contributed by atoms with Crippen molar-refractivity contribution in [2.24, 2.45) is 5.73 Å². The summed E-state index contributed by atoms with van der Waals surface area (Å²) in [4.78, 5) is 15.4. The quantitative estimate of drug-likeness (QED) is 0.805. The number of benzene rings is 2. The summed E-state index contributed by atoms with van der Waals surface area (Å²) in [5.41, 5.74) is 9.06. The molecule has 0 spiro atoms. The fraction of sp³-hybridized carbons (Fsp3) is 0.409. The fourth-order valence-corrected chi connectivity index (χ4v) is 3.72. The van der Waals surface area contributed by atoms with Gasteiger partial charge in [-0.2, -0.15) is 0 Å². The molecule has 2 aromatic rings. The van der Waals surface area contributed by atoms with Crippen molar-refractivity contribution < 1.29 is 4.79 Å². The molecule has 4 heteroatoms. The maximum Gasteiger partial charge on any atom is 0.227 e. The molecule has 0 bridgehead atoms. The van der Waals surface area contributed by atoms with Gasteiger partial charge in [0.25, 0.3) is 0 Å². The van der Waals surface area contributed by atoms with Crippen molar-refractivity contribution in [3.05, 3.63) is 71.3 Å². The highest BCUT2D eigenvalue weighted by atomic mass is 16.1. The Morgan fingerprint density at radius 2 is 1.73 bits per heavy atom. The van der Waals surface area contributed by atoms with Gasteiger partial charge in [0.1, 0.15) is 0 Å². The zero-order valence-electron chi connectivity index (χ0n) is 15.5. The Morgan fingerprint density at radius 3 is 2.42 bits per heavy atom. The van der Waals surface area contributed by atoms with Crippen LogP contribution in [-0.2, 0) is 11.3 Å². The van der Waals surface area contributed by atoms with E-state index in [1.807, 2.05) is 49.4 Å². The second kappa shape index (κ2) is 8.97. The molecule has 26 heavy (non-hydrogen) atoms. The lowest BCUT2D eigenvalue weighted by atomic mass is 9.94. The zero-order valence-corrected chi connectivity index (χ0v) is 15.5. The number of amides is 1. The smallest absolute Gasteiger partial charge is 0.227 e. The highest BCUT2D eigenvalue weighted by molar-refractivity contribution is 5.84. The second-order valence-corrected chi connectivity index (χ2v) is 7.10. The molecule has 3 rings (SSSR count). The third-order valence-electron chi connectivity index (χ3n) is 5.29. The lowest BCUT2D eigenvalue weighted by Gasteiger charge is -2.26. The summed E-state index contributed by atoms with van der Waals surface area (Å²) in [5.74, 6) is -0.168. The van der Waals surface area contributed by atoms with Crippen LogP contribution in [0.15, 0.2) is 54.6 Å². The van der Waals surface area contributed by atoms with Crippen LogP contribution in [0, 0.1) is 0 Å². The molecule has 2 aromatic carbocycles. The molecular weight excluding hydrogens is 322 g/mol. The van der Waals surface area contributed by atoms with Gasteiger partial charge in [-0.3, -0.25) is 4.79 Å². The van der Waals surface area contributed by atoms with Crippen LogP contribution in [0.1, 0.15) is 48.4 Å². The molecule has 138 valence electrons. The molecule has 0 saturated carbocycles. The van der Waals surface area contributed by atoms with E-state index in [1.54, 1.807) is 0 Å². The maximum atomic E-state index is 13.0. The van der Waals surface area contributed by atoms with Gasteiger partial charge in [-0.25, -0.2) is 0 Å². The highest BCUT2D eigenvalue weighted by Gasteiger charge is 2.24. The van der Waals surface area contributed by atoms with Gasteiger partial charge < -0.3 is 16.0 Å². The standard InChI is InChI=1S/C22H29N3O/c1-17(20-12-6-5-11-19(20)15-23)22(26)24-21(16-25-13-7-8-14-25)18-9-3-2-4-10-18/h2-6,9-12,17,21H,7-8,13-16,23H2,1H3,(H,24,26). The van der Waals surface area contributed by atoms with Crippen molar-refractivity contribution in [2.75, 3.05) is 19.6 Å². The first-order chi connectivity index (χ1) is 12.7. The number of likely N-dealkylation sites (tertiary alicyclic amines) is 1. The molecule has 3 N–H and O–H groups in total. The zero-order chi connectivity index (χ0) is 18.4. The van der Waals surface area contributed by atoms with Crippen LogP contribution in [0.25, 0.3) is 0 Å². The van der Waals surface area contributed by atoms with Crippen LogP contribution in [0.2, 0.25) is 0 Å². The lowest BCUT2D eigenvalue weighted by Crippen LogP contribution is -2.38. The second-order valence-electron chi connectivity index (χ2n) is 7.10. The number of nitrogens with two attached hydrogens (primary N) is 1. The van der Waals surface area contributed by atoms with Crippen molar-refractivity contribution in [1.29, 1.82) is 0 Å². The summed E-state index contributed by atoms with van der Waals surface area (Å²) in [7, 11) is 0. The Balaban J connectivity index is 1.75. The van der Waals surface area contributed by atoms with E-state index in [1.165, 1.54) is 12.8 Å². The average molecular weight is 351 g/mol. The molecule has 0 aromatic heterocycles. The summed E-state index contributed by atoms with van der Waals surface area (Å²) in [5, 5.41) is 3.29. The molecule has 1 heterocycles. The molecule has 0 aliphatic carbocycles. The Hall–Kier alpha value is -2.17. The van der Waals surface area contributed by atoms with Crippen LogP contribution in [0.5, 0.6) is 0 Å². The predicted octanol–water partition coefficient (Wildman–Crippen LogP) is 3.20. The minimum Gasteiger partial charge on any atom is -0.347 e. The molecule has 2 atom stereocenters. The first-order valence-electron chi connectivity index (χ1n) is 9.54. The third-order valence-corrected chi connectivity index (χ3v) is 5.29. The topological polar surface area (TPSA) is 58.4 Å². The van der Waals surface area contributed by atoms with Crippen molar-refractivity contribution in [3.8, 4) is 0 Å². The van der Waals surface area contributed by atoms with Gasteiger partial charge in [-0.05, 0) is 49.5 Å². The van der Waals surface area contributed by atoms with Crippen molar-refractivity contribution in [1.82, 2.24) is 10.2 Å². The molecule has 1 amide bonds. The van der Waals surface area contributed by atoms with E-state index < -0.39 is 0 Å². The van der Waals surface area contributed by atoms with E-state index in [0.717, 1.165) is 36.3 Å². The molecule has 1 aliphatic heterocycles. The average Bonchev–Trinajstić information content (AvgIpc) is 3.20. The van der Waals surface area contributed by atoms with E-state index >= 15 is 0 Å². The van der Waals surface area contributed by atoms with E-state index in [-0.39, 0.29) is 17.9 Å². The van der Waals surface area contributed by atoms with E-state index in [4.69, 9.17) is 5.73 Å². The Kier molecular flexibility index (Phi) is 6.42. The lowest BCUT2D eigenvalue weighted by molar-refractivity contribution is -0.123. The van der Waals surface area contributed by atoms with Gasteiger partial charge in [0.2, 0.25) is 5.91 Å². The van der Waals surface area contributed by atoms with Crippen molar-refractivity contribution in [3.63, 3.8) is 0 Å².